The number of hydrogen-bond donors (Lipinski definition) is 2. The second-order valence-corrected chi connectivity index (χ2v) is 4.42. The highest BCUT2D eigenvalue weighted by atomic mass is 19.4. The number of hydrogen-bond acceptors (Lipinski definition) is 3. The van der Waals surface area contributed by atoms with Gasteiger partial charge in [-0.15, -0.1) is 0 Å². The third-order valence-corrected chi connectivity index (χ3v) is 2.80. The van der Waals surface area contributed by atoms with Crippen LogP contribution in [0.15, 0.2) is 30.3 Å². The van der Waals surface area contributed by atoms with Gasteiger partial charge in [-0.25, -0.2) is 0 Å². The number of aliphatic hydroxyl groups is 1. The van der Waals surface area contributed by atoms with Crippen LogP contribution in [0.1, 0.15) is 18.0 Å². The largest absolute Gasteiger partial charge is 0.401 e. The van der Waals surface area contributed by atoms with Crippen LogP contribution in [0.25, 0.3) is 0 Å². The molecule has 108 valence electrons. The number of rotatable bonds is 7. The molecule has 0 aliphatic rings. The summed E-state index contributed by atoms with van der Waals surface area (Å²) >= 11 is 0. The summed E-state index contributed by atoms with van der Waals surface area (Å²) in [7, 11) is 0. The molecule has 0 amide bonds. The molecule has 1 aromatic rings. The molecule has 0 saturated heterocycles. The molecule has 0 spiro atoms. The van der Waals surface area contributed by atoms with Gasteiger partial charge in [0, 0.05) is 19.1 Å². The molecule has 0 bridgehead atoms. The summed E-state index contributed by atoms with van der Waals surface area (Å²) in [5, 5.41) is 8.78. The molecule has 1 unspecified atom stereocenters. The summed E-state index contributed by atoms with van der Waals surface area (Å²) in [5.74, 6) is 0. The van der Waals surface area contributed by atoms with E-state index >= 15 is 0 Å². The molecule has 0 aliphatic carbocycles. The van der Waals surface area contributed by atoms with Crippen molar-refractivity contribution in [3.05, 3.63) is 35.9 Å². The summed E-state index contributed by atoms with van der Waals surface area (Å²) in [4.78, 5) is 1.17. The molecule has 1 atom stereocenters. The van der Waals surface area contributed by atoms with E-state index in [1.807, 2.05) is 30.3 Å². The predicted octanol–water partition coefficient (Wildman–Crippen LogP) is 1.93. The third-order valence-electron chi connectivity index (χ3n) is 2.80. The SMILES string of the molecule is NC(CCN(CCO)CC(F)(F)F)c1ccccc1. The van der Waals surface area contributed by atoms with Crippen molar-refractivity contribution in [3.8, 4) is 0 Å². The Labute approximate surface area is 110 Å². The number of nitrogens with two attached hydrogens (primary N) is 1. The molecule has 0 fully saturated rings. The predicted molar refractivity (Wildman–Crippen MR) is 67.6 cm³/mol. The molecule has 6 heteroatoms. The highest BCUT2D eigenvalue weighted by Gasteiger charge is 2.30. The van der Waals surface area contributed by atoms with Gasteiger partial charge in [0.1, 0.15) is 0 Å². The van der Waals surface area contributed by atoms with E-state index in [0.717, 1.165) is 5.56 Å². The zero-order chi connectivity index (χ0) is 14.3. The number of alkyl halides is 3. The van der Waals surface area contributed by atoms with E-state index in [1.54, 1.807) is 0 Å². The Morgan fingerprint density at radius 3 is 2.32 bits per heavy atom. The maximum Gasteiger partial charge on any atom is 0.401 e. The molecular weight excluding hydrogens is 257 g/mol. The third kappa shape index (κ3) is 6.56. The Balaban J connectivity index is 2.47. The molecule has 19 heavy (non-hydrogen) atoms. The minimum atomic E-state index is -4.26. The normalized spacial score (nSPS) is 13.8. The first kappa shape index (κ1) is 15.9. The van der Waals surface area contributed by atoms with Gasteiger partial charge in [-0.05, 0) is 12.0 Å². The van der Waals surface area contributed by atoms with Crippen LogP contribution in [0.3, 0.4) is 0 Å². The zero-order valence-electron chi connectivity index (χ0n) is 10.6. The van der Waals surface area contributed by atoms with Crippen molar-refractivity contribution < 1.29 is 18.3 Å². The summed E-state index contributed by atoms with van der Waals surface area (Å²) in [6.45, 7) is -1.11. The highest BCUT2D eigenvalue weighted by molar-refractivity contribution is 5.18. The van der Waals surface area contributed by atoms with Crippen molar-refractivity contribution in [1.82, 2.24) is 4.90 Å². The maximum absolute atomic E-state index is 12.3. The second-order valence-electron chi connectivity index (χ2n) is 4.42. The van der Waals surface area contributed by atoms with Gasteiger partial charge in [0.2, 0.25) is 0 Å². The van der Waals surface area contributed by atoms with Gasteiger partial charge in [0.05, 0.1) is 13.2 Å². The van der Waals surface area contributed by atoms with Crippen molar-refractivity contribution >= 4 is 0 Å². The summed E-state index contributed by atoms with van der Waals surface area (Å²) in [6.07, 6.45) is -3.84. The van der Waals surface area contributed by atoms with Crippen LogP contribution < -0.4 is 5.73 Å². The molecule has 3 N–H and O–H groups in total. The Hall–Kier alpha value is -1.11. The van der Waals surface area contributed by atoms with Crippen LogP contribution in [-0.2, 0) is 0 Å². The lowest BCUT2D eigenvalue weighted by Gasteiger charge is -2.24. The van der Waals surface area contributed by atoms with Crippen LogP contribution in [0.2, 0.25) is 0 Å². The molecule has 0 aromatic heterocycles. The van der Waals surface area contributed by atoms with Gasteiger partial charge in [0.25, 0.3) is 0 Å². The lowest BCUT2D eigenvalue weighted by atomic mass is 10.0. The van der Waals surface area contributed by atoms with Gasteiger partial charge in [-0.1, -0.05) is 30.3 Å². The van der Waals surface area contributed by atoms with E-state index in [4.69, 9.17) is 10.8 Å². The van der Waals surface area contributed by atoms with Crippen LogP contribution >= 0.6 is 0 Å². The van der Waals surface area contributed by atoms with E-state index in [9.17, 15) is 13.2 Å². The van der Waals surface area contributed by atoms with Gasteiger partial charge >= 0.3 is 6.18 Å². The number of halogens is 3. The first-order valence-corrected chi connectivity index (χ1v) is 6.13. The first-order chi connectivity index (χ1) is 8.92. The molecule has 1 aromatic carbocycles. The lowest BCUT2D eigenvalue weighted by Crippen LogP contribution is -2.37. The Bertz CT molecular complexity index is 357. The lowest BCUT2D eigenvalue weighted by molar-refractivity contribution is -0.146. The fourth-order valence-electron chi connectivity index (χ4n) is 1.85. The van der Waals surface area contributed by atoms with Crippen LogP contribution in [0.5, 0.6) is 0 Å². The minimum Gasteiger partial charge on any atom is -0.395 e. The van der Waals surface area contributed by atoms with E-state index in [1.165, 1.54) is 4.90 Å². The molecule has 0 radical (unpaired) electrons. The van der Waals surface area contributed by atoms with Crippen molar-refractivity contribution in [2.75, 3.05) is 26.2 Å². The monoisotopic (exact) mass is 276 g/mol. The molecular formula is C13H19F3N2O. The van der Waals surface area contributed by atoms with Gasteiger partial charge in [-0.3, -0.25) is 4.90 Å². The fourth-order valence-corrected chi connectivity index (χ4v) is 1.85. The number of aliphatic hydroxyl groups excluding tert-OH is 1. The first-order valence-electron chi connectivity index (χ1n) is 6.13. The van der Waals surface area contributed by atoms with E-state index in [0.29, 0.717) is 6.42 Å². The van der Waals surface area contributed by atoms with Gasteiger partial charge in [0.15, 0.2) is 0 Å². The molecule has 0 aliphatic heterocycles. The average molecular weight is 276 g/mol. The minimum absolute atomic E-state index is 0.00101. The quantitative estimate of drug-likeness (QED) is 0.800. The smallest absolute Gasteiger partial charge is 0.395 e. The topological polar surface area (TPSA) is 49.5 Å². The van der Waals surface area contributed by atoms with Crippen LogP contribution in [0, 0.1) is 0 Å². The maximum atomic E-state index is 12.3. The van der Waals surface area contributed by atoms with E-state index in [2.05, 4.69) is 0 Å². The fraction of sp³-hybridized carbons (Fsp3) is 0.538. The number of nitrogens with zero attached hydrogens (tertiary/aromatic N) is 1. The van der Waals surface area contributed by atoms with Crippen LogP contribution in [0.4, 0.5) is 13.2 Å². The molecule has 0 heterocycles. The molecule has 1 rings (SSSR count). The van der Waals surface area contributed by atoms with Crippen molar-refractivity contribution in [2.45, 2.75) is 18.6 Å². The van der Waals surface area contributed by atoms with Gasteiger partial charge in [-0.2, -0.15) is 13.2 Å². The standard InChI is InChI=1S/C13H19F3N2O/c14-13(15,16)10-18(8-9-19)7-6-12(17)11-4-2-1-3-5-11/h1-5,12,19H,6-10,17H2. The summed E-state index contributed by atoms with van der Waals surface area (Å²) < 4.78 is 37.0. The van der Waals surface area contributed by atoms with Gasteiger partial charge < -0.3 is 10.8 Å². The highest BCUT2D eigenvalue weighted by Crippen LogP contribution is 2.18. The summed E-state index contributed by atoms with van der Waals surface area (Å²) in [6, 6.07) is 8.95. The zero-order valence-corrected chi connectivity index (χ0v) is 10.6. The van der Waals surface area contributed by atoms with Crippen LogP contribution in [-0.4, -0.2) is 42.4 Å². The molecule has 0 saturated carbocycles. The number of benzene rings is 1. The average Bonchev–Trinajstić information content (AvgIpc) is 2.35. The Morgan fingerprint density at radius 1 is 1.16 bits per heavy atom. The van der Waals surface area contributed by atoms with Crippen molar-refractivity contribution in [3.63, 3.8) is 0 Å². The second kappa shape index (κ2) is 7.47. The summed E-state index contributed by atoms with van der Waals surface area (Å²) in [5.41, 5.74) is 6.83. The van der Waals surface area contributed by atoms with E-state index < -0.39 is 12.7 Å². The Kier molecular flexibility index (Phi) is 6.27. The Morgan fingerprint density at radius 2 is 1.79 bits per heavy atom. The van der Waals surface area contributed by atoms with Crippen molar-refractivity contribution in [2.24, 2.45) is 5.73 Å². The molecule has 3 nitrogen and oxygen atoms in total. The van der Waals surface area contributed by atoms with E-state index in [-0.39, 0.29) is 25.7 Å². The van der Waals surface area contributed by atoms with Crippen molar-refractivity contribution in [1.29, 1.82) is 0 Å².